The Hall–Kier alpha value is -0.0800. The molecule has 1 aliphatic heterocycles. The van der Waals surface area contributed by atoms with Gasteiger partial charge in [-0.1, -0.05) is 33.6 Å². The van der Waals surface area contributed by atoms with Gasteiger partial charge in [0.25, 0.3) is 0 Å². The first-order valence-electron chi connectivity index (χ1n) is 7.00. The molecule has 16 heavy (non-hydrogen) atoms. The van der Waals surface area contributed by atoms with E-state index in [2.05, 4.69) is 25.7 Å². The molecule has 0 atom stereocenters. The molecule has 1 rings (SSSR count). The standard InChI is InChI=1S/C14H29NO/c1-4-6-14(3,7-5-2)8-9-15-10-12-16-13-11-15/h4-13H2,1-3H3. The van der Waals surface area contributed by atoms with Crippen molar-refractivity contribution in [1.29, 1.82) is 0 Å². The first kappa shape index (κ1) is 14.0. The van der Waals surface area contributed by atoms with Crippen molar-refractivity contribution in [2.75, 3.05) is 32.8 Å². The molecule has 0 N–H and O–H groups in total. The van der Waals surface area contributed by atoms with E-state index in [-0.39, 0.29) is 0 Å². The summed E-state index contributed by atoms with van der Waals surface area (Å²) in [7, 11) is 0. The molecule has 0 aromatic heterocycles. The zero-order valence-electron chi connectivity index (χ0n) is 11.4. The topological polar surface area (TPSA) is 12.5 Å². The van der Waals surface area contributed by atoms with Crippen LogP contribution in [-0.4, -0.2) is 37.7 Å². The number of hydrogen-bond donors (Lipinski definition) is 0. The maximum Gasteiger partial charge on any atom is 0.0594 e. The summed E-state index contributed by atoms with van der Waals surface area (Å²) < 4.78 is 5.38. The predicted molar refractivity (Wildman–Crippen MR) is 69.8 cm³/mol. The van der Waals surface area contributed by atoms with E-state index in [4.69, 9.17) is 4.74 Å². The summed E-state index contributed by atoms with van der Waals surface area (Å²) in [4.78, 5) is 2.56. The second-order valence-electron chi connectivity index (χ2n) is 5.51. The molecule has 0 saturated carbocycles. The number of morpholine rings is 1. The third kappa shape index (κ3) is 4.84. The van der Waals surface area contributed by atoms with Gasteiger partial charge >= 0.3 is 0 Å². The quantitative estimate of drug-likeness (QED) is 0.661. The van der Waals surface area contributed by atoms with Crippen LogP contribution in [0.1, 0.15) is 52.9 Å². The van der Waals surface area contributed by atoms with Crippen molar-refractivity contribution in [2.24, 2.45) is 5.41 Å². The highest BCUT2D eigenvalue weighted by Crippen LogP contribution is 2.33. The molecule has 0 aliphatic carbocycles. The first-order chi connectivity index (χ1) is 7.70. The number of hydrogen-bond acceptors (Lipinski definition) is 2. The maximum absolute atomic E-state index is 5.38. The molecule has 1 saturated heterocycles. The molecule has 0 aromatic carbocycles. The van der Waals surface area contributed by atoms with Crippen LogP contribution in [0.15, 0.2) is 0 Å². The Morgan fingerprint density at radius 1 is 1.00 bits per heavy atom. The van der Waals surface area contributed by atoms with Crippen LogP contribution in [0, 0.1) is 5.41 Å². The number of nitrogens with zero attached hydrogens (tertiary/aromatic N) is 1. The van der Waals surface area contributed by atoms with Crippen LogP contribution >= 0.6 is 0 Å². The van der Waals surface area contributed by atoms with Crippen molar-refractivity contribution >= 4 is 0 Å². The SMILES string of the molecule is CCCC(C)(CCC)CCN1CCOCC1. The summed E-state index contributed by atoms with van der Waals surface area (Å²) in [6.45, 7) is 12.5. The number of ether oxygens (including phenoxy) is 1. The molecule has 1 heterocycles. The van der Waals surface area contributed by atoms with Gasteiger partial charge in [-0.25, -0.2) is 0 Å². The lowest BCUT2D eigenvalue weighted by molar-refractivity contribution is 0.0306. The third-order valence-electron chi connectivity index (χ3n) is 3.84. The minimum Gasteiger partial charge on any atom is -0.379 e. The highest BCUT2D eigenvalue weighted by molar-refractivity contribution is 4.76. The van der Waals surface area contributed by atoms with Crippen molar-refractivity contribution in [3.05, 3.63) is 0 Å². The van der Waals surface area contributed by atoms with Gasteiger partial charge in [-0.05, 0) is 31.2 Å². The van der Waals surface area contributed by atoms with Crippen LogP contribution < -0.4 is 0 Å². The van der Waals surface area contributed by atoms with E-state index in [0.29, 0.717) is 5.41 Å². The first-order valence-corrected chi connectivity index (χ1v) is 7.00. The summed E-state index contributed by atoms with van der Waals surface area (Å²) in [5, 5.41) is 0. The Balaban J connectivity index is 2.30. The molecule has 96 valence electrons. The van der Waals surface area contributed by atoms with Crippen LogP contribution in [-0.2, 0) is 4.74 Å². The summed E-state index contributed by atoms with van der Waals surface area (Å²) in [5.41, 5.74) is 0.571. The van der Waals surface area contributed by atoms with Crippen LogP contribution in [0.2, 0.25) is 0 Å². The Morgan fingerprint density at radius 3 is 2.06 bits per heavy atom. The monoisotopic (exact) mass is 227 g/mol. The van der Waals surface area contributed by atoms with Crippen molar-refractivity contribution in [2.45, 2.75) is 52.9 Å². The van der Waals surface area contributed by atoms with Gasteiger partial charge in [0.1, 0.15) is 0 Å². The zero-order valence-corrected chi connectivity index (χ0v) is 11.4. The zero-order chi connectivity index (χ0) is 11.9. The molecule has 0 unspecified atom stereocenters. The molecular formula is C14H29NO. The van der Waals surface area contributed by atoms with Gasteiger partial charge in [-0.2, -0.15) is 0 Å². The molecule has 1 aliphatic rings. The van der Waals surface area contributed by atoms with Gasteiger partial charge in [0.15, 0.2) is 0 Å². The van der Waals surface area contributed by atoms with Gasteiger partial charge in [0.2, 0.25) is 0 Å². The second kappa shape index (κ2) is 7.29. The van der Waals surface area contributed by atoms with Crippen molar-refractivity contribution in [3.63, 3.8) is 0 Å². The van der Waals surface area contributed by atoms with E-state index in [1.165, 1.54) is 38.6 Å². The molecule has 0 bridgehead atoms. The lowest BCUT2D eigenvalue weighted by Gasteiger charge is -2.33. The van der Waals surface area contributed by atoms with E-state index in [9.17, 15) is 0 Å². The van der Waals surface area contributed by atoms with Crippen LogP contribution in [0.4, 0.5) is 0 Å². The average molecular weight is 227 g/mol. The van der Waals surface area contributed by atoms with Crippen molar-refractivity contribution in [3.8, 4) is 0 Å². The summed E-state index contributed by atoms with van der Waals surface area (Å²) in [6, 6.07) is 0. The van der Waals surface area contributed by atoms with Crippen molar-refractivity contribution in [1.82, 2.24) is 4.90 Å². The van der Waals surface area contributed by atoms with Crippen molar-refractivity contribution < 1.29 is 4.74 Å². The summed E-state index contributed by atoms with van der Waals surface area (Å²) >= 11 is 0. The molecule has 1 fully saturated rings. The van der Waals surface area contributed by atoms with Gasteiger partial charge in [-0.15, -0.1) is 0 Å². The predicted octanol–water partition coefficient (Wildman–Crippen LogP) is 3.32. The fraction of sp³-hybridized carbons (Fsp3) is 1.00. The fourth-order valence-electron chi connectivity index (χ4n) is 2.83. The van der Waals surface area contributed by atoms with Gasteiger partial charge < -0.3 is 4.74 Å². The molecule has 0 spiro atoms. The number of rotatable bonds is 7. The largest absolute Gasteiger partial charge is 0.379 e. The van der Waals surface area contributed by atoms with Crippen LogP contribution in [0.5, 0.6) is 0 Å². The second-order valence-corrected chi connectivity index (χ2v) is 5.51. The Morgan fingerprint density at radius 2 is 1.56 bits per heavy atom. The fourth-order valence-corrected chi connectivity index (χ4v) is 2.83. The molecule has 0 aromatic rings. The van der Waals surface area contributed by atoms with Gasteiger partial charge in [-0.3, -0.25) is 4.90 Å². The Bertz CT molecular complexity index is 170. The molecular weight excluding hydrogens is 198 g/mol. The van der Waals surface area contributed by atoms with Crippen LogP contribution in [0.25, 0.3) is 0 Å². The summed E-state index contributed by atoms with van der Waals surface area (Å²) in [6.07, 6.45) is 6.75. The highest BCUT2D eigenvalue weighted by Gasteiger charge is 2.23. The molecule has 2 heteroatoms. The Kier molecular flexibility index (Phi) is 6.37. The molecule has 0 radical (unpaired) electrons. The molecule has 2 nitrogen and oxygen atoms in total. The van der Waals surface area contributed by atoms with Gasteiger partial charge in [0.05, 0.1) is 13.2 Å². The van der Waals surface area contributed by atoms with Crippen LogP contribution in [0.3, 0.4) is 0 Å². The lowest BCUT2D eigenvalue weighted by Crippen LogP contribution is -2.38. The molecule has 0 amide bonds. The Labute approximate surface area is 101 Å². The maximum atomic E-state index is 5.38. The summed E-state index contributed by atoms with van der Waals surface area (Å²) in [5.74, 6) is 0. The third-order valence-corrected chi connectivity index (χ3v) is 3.84. The van der Waals surface area contributed by atoms with E-state index in [1.807, 2.05) is 0 Å². The highest BCUT2D eigenvalue weighted by atomic mass is 16.5. The van der Waals surface area contributed by atoms with Gasteiger partial charge in [0, 0.05) is 13.1 Å². The van der Waals surface area contributed by atoms with E-state index < -0.39 is 0 Å². The normalized spacial score (nSPS) is 18.9. The van der Waals surface area contributed by atoms with E-state index in [1.54, 1.807) is 0 Å². The lowest BCUT2D eigenvalue weighted by atomic mass is 9.78. The average Bonchev–Trinajstić information content (AvgIpc) is 2.29. The minimum absolute atomic E-state index is 0.571. The van der Waals surface area contributed by atoms with E-state index in [0.717, 1.165) is 26.3 Å². The minimum atomic E-state index is 0.571. The van der Waals surface area contributed by atoms with E-state index >= 15 is 0 Å². The smallest absolute Gasteiger partial charge is 0.0594 e.